The zero-order chi connectivity index (χ0) is 18.2. The molecule has 1 spiro atoms. The molecule has 0 aromatic heterocycles. The van der Waals surface area contributed by atoms with Crippen molar-refractivity contribution in [3.05, 3.63) is 26.7 Å². The van der Waals surface area contributed by atoms with Crippen LogP contribution in [0.25, 0.3) is 0 Å². The number of nitrogens with two attached hydrogens (primary N) is 2. The van der Waals surface area contributed by atoms with Gasteiger partial charge in [0, 0.05) is 6.07 Å². The number of ether oxygens (including phenoxy) is 1. The first kappa shape index (κ1) is 17.5. The molecule has 0 saturated heterocycles. The number of hydrogen-bond acceptors (Lipinski definition) is 8. The summed E-state index contributed by atoms with van der Waals surface area (Å²) in [6, 6.07) is 2.93. The summed E-state index contributed by atoms with van der Waals surface area (Å²) in [4.78, 5) is 21.4. The summed E-state index contributed by atoms with van der Waals surface area (Å²) in [5.74, 6) is 0.644. The molecular formula is C15H19BrN6O3. The second kappa shape index (κ2) is 6.51. The minimum atomic E-state index is -0.770. The van der Waals surface area contributed by atoms with Gasteiger partial charge in [-0.1, -0.05) is 6.42 Å². The van der Waals surface area contributed by atoms with E-state index < -0.39 is 10.6 Å². The SMILES string of the molecule is COc1ccc([N+](=O)[O-])c(N2C(N)=NC(N)=NC23CCCCC3)c1Br. The zero-order valence-electron chi connectivity index (χ0n) is 13.7. The number of methoxy groups -OCH3 is 1. The van der Waals surface area contributed by atoms with Gasteiger partial charge in [0.05, 0.1) is 16.5 Å². The third-order valence-electron chi connectivity index (χ3n) is 4.55. The molecule has 1 aromatic rings. The normalized spacial score (nSPS) is 19.4. The fourth-order valence-corrected chi connectivity index (χ4v) is 4.17. The maximum absolute atomic E-state index is 11.6. The molecule has 1 aromatic carbocycles. The third-order valence-corrected chi connectivity index (χ3v) is 5.32. The lowest BCUT2D eigenvalue weighted by molar-refractivity contribution is -0.384. The molecule has 1 heterocycles. The molecule has 134 valence electrons. The van der Waals surface area contributed by atoms with Crippen molar-refractivity contribution in [1.82, 2.24) is 0 Å². The highest BCUT2D eigenvalue weighted by Gasteiger charge is 2.46. The van der Waals surface area contributed by atoms with Crippen LogP contribution in [0.4, 0.5) is 11.4 Å². The molecule has 10 heteroatoms. The van der Waals surface area contributed by atoms with Crippen molar-refractivity contribution in [3.63, 3.8) is 0 Å². The van der Waals surface area contributed by atoms with Crippen LogP contribution in [0, 0.1) is 10.1 Å². The van der Waals surface area contributed by atoms with E-state index in [0.29, 0.717) is 23.1 Å². The predicted octanol–water partition coefficient (Wildman–Crippen LogP) is 2.48. The molecule has 1 aliphatic heterocycles. The Morgan fingerprint density at radius 1 is 1.32 bits per heavy atom. The van der Waals surface area contributed by atoms with Gasteiger partial charge in [-0.25, -0.2) is 4.99 Å². The van der Waals surface area contributed by atoms with Gasteiger partial charge >= 0.3 is 0 Å². The number of aliphatic imine (C=N–C) groups is 2. The first-order valence-electron chi connectivity index (χ1n) is 7.90. The van der Waals surface area contributed by atoms with Gasteiger partial charge in [0.15, 0.2) is 0 Å². The maximum Gasteiger partial charge on any atom is 0.294 e. The number of nitro groups is 1. The number of rotatable bonds is 3. The molecule has 1 saturated carbocycles. The van der Waals surface area contributed by atoms with Crippen molar-refractivity contribution >= 4 is 39.2 Å². The van der Waals surface area contributed by atoms with Crippen LogP contribution in [-0.2, 0) is 0 Å². The average Bonchev–Trinajstić information content (AvgIpc) is 2.55. The fourth-order valence-electron chi connectivity index (χ4n) is 3.50. The van der Waals surface area contributed by atoms with Crippen LogP contribution < -0.4 is 21.1 Å². The quantitative estimate of drug-likeness (QED) is 0.580. The van der Waals surface area contributed by atoms with Crippen LogP contribution in [0.15, 0.2) is 26.6 Å². The molecule has 0 amide bonds. The minimum Gasteiger partial charge on any atom is -0.495 e. The summed E-state index contributed by atoms with van der Waals surface area (Å²) in [6.07, 6.45) is 4.30. The number of halogens is 1. The van der Waals surface area contributed by atoms with Crippen molar-refractivity contribution in [2.24, 2.45) is 21.5 Å². The van der Waals surface area contributed by atoms with Crippen LogP contribution in [0.1, 0.15) is 32.1 Å². The highest BCUT2D eigenvalue weighted by molar-refractivity contribution is 9.10. The highest BCUT2D eigenvalue weighted by atomic mass is 79.9. The van der Waals surface area contributed by atoms with E-state index >= 15 is 0 Å². The van der Waals surface area contributed by atoms with E-state index in [4.69, 9.17) is 16.2 Å². The molecule has 0 atom stereocenters. The first-order chi connectivity index (χ1) is 11.9. The van der Waals surface area contributed by atoms with Crippen molar-refractivity contribution in [2.75, 3.05) is 12.0 Å². The molecule has 25 heavy (non-hydrogen) atoms. The lowest BCUT2D eigenvalue weighted by Gasteiger charge is -2.45. The molecule has 4 N–H and O–H groups in total. The molecule has 2 aliphatic rings. The largest absolute Gasteiger partial charge is 0.495 e. The Balaban J connectivity index is 2.25. The molecule has 1 aliphatic carbocycles. The van der Waals surface area contributed by atoms with E-state index in [-0.39, 0.29) is 23.3 Å². The van der Waals surface area contributed by atoms with E-state index in [1.54, 1.807) is 4.90 Å². The lowest BCUT2D eigenvalue weighted by atomic mass is 9.87. The number of benzene rings is 1. The van der Waals surface area contributed by atoms with E-state index in [1.165, 1.54) is 19.2 Å². The Hall–Kier alpha value is -2.36. The van der Waals surface area contributed by atoms with Gasteiger partial charge in [-0.05, 0) is 47.7 Å². The van der Waals surface area contributed by atoms with Gasteiger partial charge in [0.2, 0.25) is 11.9 Å². The fraction of sp³-hybridized carbons (Fsp3) is 0.467. The maximum atomic E-state index is 11.6. The second-order valence-corrected chi connectivity index (χ2v) is 6.82. The topological polar surface area (TPSA) is 132 Å². The molecule has 1 fully saturated rings. The number of anilines is 1. The van der Waals surface area contributed by atoms with E-state index in [9.17, 15) is 10.1 Å². The minimum absolute atomic E-state index is 0.0893. The molecule has 0 bridgehead atoms. The molecular weight excluding hydrogens is 392 g/mol. The first-order valence-corrected chi connectivity index (χ1v) is 8.69. The Labute approximate surface area is 153 Å². The van der Waals surface area contributed by atoms with Gasteiger partial charge in [0.1, 0.15) is 17.1 Å². The summed E-state index contributed by atoms with van der Waals surface area (Å²) < 4.78 is 5.74. The van der Waals surface area contributed by atoms with Crippen molar-refractivity contribution < 1.29 is 9.66 Å². The van der Waals surface area contributed by atoms with Gasteiger partial charge < -0.3 is 16.2 Å². The summed E-state index contributed by atoms with van der Waals surface area (Å²) in [6.45, 7) is 0. The summed E-state index contributed by atoms with van der Waals surface area (Å²) >= 11 is 3.43. The van der Waals surface area contributed by atoms with Crippen LogP contribution in [0.5, 0.6) is 5.75 Å². The van der Waals surface area contributed by atoms with Gasteiger partial charge in [-0.2, -0.15) is 4.99 Å². The monoisotopic (exact) mass is 410 g/mol. The van der Waals surface area contributed by atoms with Crippen molar-refractivity contribution in [1.29, 1.82) is 0 Å². The number of guanidine groups is 2. The second-order valence-electron chi connectivity index (χ2n) is 6.03. The van der Waals surface area contributed by atoms with Gasteiger partial charge in [0.25, 0.3) is 5.69 Å². The third kappa shape index (κ3) is 2.90. The Kier molecular flexibility index (Phi) is 4.55. The lowest BCUT2D eigenvalue weighted by Crippen LogP contribution is -2.58. The molecule has 3 rings (SSSR count). The molecule has 0 unspecified atom stereocenters. The van der Waals surface area contributed by atoms with Crippen LogP contribution >= 0.6 is 15.9 Å². The summed E-state index contributed by atoms with van der Waals surface area (Å²) in [7, 11) is 1.50. The standard InChI is InChI=1S/C15H19BrN6O3/c1-25-10-6-5-9(22(23)24)12(11(10)16)21-14(18)19-13(17)20-15(21)7-3-2-4-8-15/h5-6H,2-4,7-8H2,1H3,(H4,17,18,19,20). The highest BCUT2D eigenvalue weighted by Crippen LogP contribution is 2.48. The smallest absolute Gasteiger partial charge is 0.294 e. The summed E-state index contributed by atoms with van der Waals surface area (Å²) in [5.41, 5.74) is 11.4. The predicted molar refractivity (Wildman–Crippen MR) is 98.9 cm³/mol. The molecule has 0 radical (unpaired) electrons. The van der Waals surface area contributed by atoms with Crippen LogP contribution in [0.2, 0.25) is 0 Å². The van der Waals surface area contributed by atoms with E-state index in [1.807, 2.05) is 0 Å². The van der Waals surface area contributed by atoms with Crippen molar-refractivity contribution in [2.45, 2.75) is 37.8 Å². The number of nitro benzene ring substituents is 1. The van der Waals surface area contributed by atoms with Crippen molar-refractivity contribution in [3.8, 4) is 5.75 Å². The average molecular weight is 411 g/mol. The van der Waals surface area contributed by atoms with Crippen LogP contribution in [0.3, 0.4) is 0 Å². The van der Waals surface area contributed by atoms with Crippen LogP contribution in [-0.4, -0.2) is 29.6 Å². The Morgan fingerprint density at radius 3 is 2.60 bits per heavy atom. The number of nitrogens with zero attached hydrogens (tertiary/aromatic N) is 4. The molecule has 9 nitrogen and oxygen atoms in total. The van der Waals surface area contributed by atoms with Gasteiger partial charge in [-0.15, -0.1) is 0 Å². The Bertz CT molecular complexity index is 773. The zero-order valence-corrected chi connectivity index (χ0v) is 15.3. The van der Waals surface area contributed by atoms with E-state index in [0.717, 1.165) is 19.3 Å². The van der Waals surface area contributed by atoms with Gasteiger partial charge in [-0.3, -0.25) is 15.0 Å². The Morgan fingerprint density at radius 2 is 2.00 bits per heavy atom. The summed E-state index contributed by atoms with van der Waals surface area (Å²) in [5, 5.41) is 11.6. The number of hydrogen-bond donors (Lipinski definition) is 2. The van der Waals surface area contributed by atoms with E-state index in [2.05, 4.69) is 25.9 Å².